The molecule has 2 aliphatic rings. The first-order valence-corrected chi connectivity index (χ1v) is 9.02. The summed E-state index contributed by atoms with van der Waals surface area (Å²) in [6, 6.07) is 3.85. The fraction of sp³-hybridized carbons (Fsp3) is 0.444. The van der Waals surface area contributed by atoms with Crippen molar-refractivity contribution in [1.29, 1.82) is 0 Å². The van der Waals surface area contributed by atoms with Gasteiger partial charge in [0.15, 0.2) is 5.82 Å². The van der Waals surface area contributed by atoms with Gasteiger partial charge < -0.3 is 9.64 Å². The number of rotatable bonds is 3. The van der Waals surface area contributed by atoms with Gasteiger partial charge in [-0.05, 0) is 18.9 Å². The Bertz CT molecular complexity index is 1010. The van der Waals surface area contributed by atoms with Crippen LogP contribution in [0.1, 0.15) is 24.1 Å². The molecule has 8 nitrogen and oxygen atoms in total. The zero-order chi connectivity index (χ0) is 17.5. The lowest BCUT2D eigenvalue weighted by Gasteiger charge is -2.27. The van der Waals surface area contributed by atoms with E-state index >= 15 is 0 Å². The Morgan fingerprint density at radius 1 is 1.31 bits per heavy atom. The van der Waals surface area contributed by atoms with Gasteiger partial charge in [-0.1, -0.05) is 0 Å². The van der Waals surface area contributed by atoms with E-state index in [9.17, 15) is 4.79 Å². The Morgan fingerprint density at radius 3 is 3.23 bits per heavy atom. The Labute approximate surface area is 150 Å². The molecule has 5 heterocycles. The largest absolute Gasteiger partial charge is 0.376 e. The van der Waals surface area contributed by atoms with Gasteiger partial charge in [0.2, 0.25) is 0 Å². The zero-order valence-electron chi connectivity index (χ0n) is 14.4. The van der Waals surface area contributed by atoms with Gasteiger partial charge in [0.1, 0.15) is 5.52 Å². The molecule has 0 radical (unpaired) electrons. The molecule has 5 rings (SSSR count). The number of nitrogens with zero attached hydrogens (tertiary/aromatic N) is 6. The highest BCUT2D eigenvalue weighted by atomic mass is 16.5. The van der Waals surface area contributed by atoms with Crippen molar-refractivity contribution in [1.82, 2.24) is 24.4 Å². The highest BCUT2D eigenvalue weighted by Crippen LogP contribution is 2.27. The molecule has 0 N–H and O–H groups in total. The van der Waals surface area contributed by atoms with Gasteiger partial charge in [0.05, 0.1) is 37.7 Å². The molecule has 0 spiro atoms. The number of hydrogen-bond acceptors (Lipinski definition) is 6. The number of aromatic nitrogens is 5. The Balaban J connectivity index is 1.47. The summed E-state index contributed by atoms with van der Waals surface area (Å²) < 4.78 is 8.87. The minimum Gasteiger partial charge on any atom is -0.376 e. The Kier molecular flexibility index (Phi) is 3.70. The zero-order valence-corrected chi connectivity index (χ0v) is 14.4. The highest BCUT2D eigenvalue weighted by molar-refractivity contribution is 5.68. The van der Waals surface area contributed by atoms with E-state index in [1.165, 1.54) is 0 Å². The van der Waals surface area contributed by atoms with Crippen molar-refractivity contribution in [2.75, 3.05) is 18.1 Å². The van der Waals surface area contributed by atoms with Crippen molar-refractivity contribution in [3.8, 4) is 0 Å². The number of anilines is 1. The summed E-state index contributed by atoms with van der Waals surface area (Å²) in [5.74, 6) is 0.923. The van der Waals surface area contributed by atoms with Crippen molar-refractivity contribution in [3.63, 3.8) is 0 Å². The van der Waals surface area contributed by atoms with Crippen molar-refractivity contribution in [2.24, 2.45) is 0 Å². The topological polar surface area (TPSA) is 77.6 Å². The van der Waals surface area contributed by atoms with Crippen LogP contribution in [0.25, 0.3) is 5.52 Å². The molecular formula is C18H20N6O2. The van der Waals surface area contributed by atoms with Crippen LogP contribution < -0.4 is 10.5 Å². The third-order valence-corrected chi connectivity index (χ3v) is 5.24. The normalized spacial score (nSPS) is 19.8. The Morgan fingerprint density at radius 2 is 2.27 bits per heavy atom. The van der Waals surface area contributed by atoms with E-state index in [1.54, 1.807) is 23.1 Å². The molecule has 2 aliphatic heterocycles. The average Bonchev–Trinajstić information content (AvgIpc) is 3.31. The van der Waals surface area contributed by atoms with Gasteiger partial charge >= 0.3 is 0 Å². The molecule has 1 fully saturated rings. The maximum atomic E-state index is 12.5. The van der Waals surface area contributed by atoms with Gasteiger partial charge in [-0.3, -0.25) is 4.79 Å². The summed E-state index contributed by atoms with van der Waals surface area (Å²) in [6.45, 7) is 2.65. The molecule has 1 unspecified atom stereocenters. The summed E-state index contributed by atoms with van der Waals surface area (Å²) >= 11 is 0. The van der Waals surface area contributed by atoms with Crippen LogP contribution in [0.3, 0.4) is 0 Å². The van der Waals surface area contributed by atoms with E-state index in [0.717, 1.165) is 48.4 Å². The lowest BCUT2D eigenvalue weighted by molar-refractivity contribution is 0.108. The van der Waals surface area contributed by atoms with Crippen molar-refractivity contribution < 1.29 is 4.74 Å². The van der Waals surface area contributed by atoms with Crippen LogP contribution in [0, 0.1) is 0 Å². The standard InChI is InChI=1S/C18H20N6O2/c25-17-10-13-12-26-9-4-15(13)21-24(17)11-14-2-1-7-22(14)18-16-3-5-20-23(16)8-6-19-18/h3,5-6,8,10,14H,1-2,4,7,9,11-12H2. The fourth-order valence-corrected chi connectivity index (χ4v) is 3.95. The van der Waals surface area contributed by atoms with Crippen LogP contribution in [-0.4, -0.2) is 43.6 Å². The van der Waals surface area contributed by atoms with E-state index in [-0.39, 0.29) is 11.6 Å². The van der Waals surface area contributed by atoms with Gasteiger partial charge in [0, 0.05) is 37.0 Å². The molecule has 134 valence electrons. The number of ether oxygens (including phenoxy) is 1. The molecule has 0 saturated carbocycles. The first-order valence-electron chi connectivity index (χ1n) is 9.02. The summed E-state index contributed by atoms with van der Waals surface area (Å²) in [5.41, 5.74) is 2.84. The Hall–Kier alpha value is -2.74. The SMILES string of the molecule is O=c1cc2c(nn1CC1CCCN1c1nccn3nccc13)CCOC2. The molecule has 3 aromatic heterocycles. The van der Waals surface area contributed by atoms with E-state index in [0.29, 0.717) is 19.8 Å². The monoisotopic (exact) mass is 352 g/mol. The van der Waals surface area contributed by atoms with Crippen LogP contribution in [-0.2, 0) is 24.3 Å². The fourth-order valence-electron chi connectivity index (χ4n) is 3.95. The smallest absolute Gasteiger partial charge is 0.267 e. The van der Waals surface area contributed by atoms with Gasteiger partial charge in [-0.2, -0.15) is 10.2 Å². The van der Waals surface area contributed by atoms with Crippen molar-refractivity contribution in [3.05, 3.63) is 52.3 Å². The minimum absolute atomic E-state index is 0.0587. The summed E-state index contributed by atoms with van der Waals surface area (Å²) in [5, 5.41) is 8.91. The molecule has 0 amide bonds. The summed E-state index contributed by atoms with van der Waals surface area (Å²) in [4.78, 5) is 19.4. The summed E-state index contributed by atoms with van der Waals surface area (Å²) in [7, 11) is 0. The molecule has 8 heteroatoms. The quantitative estimate of drug-likeness (QED) is 0.701. The molecule has 1 saturated heterocycles. The molecule has 0 bridgehead atoms. The molecule has 1 atom stereocenters. The maximum Gasteiger partial charge on any atom is 0.267 e. The number of fused-ring (bicyclic) bond motifs is 2. The lowest BCUT2D eigenvalue weighted by atomic mass is 10.1. The van der Waals surface area contributed by atoms with E-state index < -0.39 is 0 Å². The van der Waals surface area contributed by atoms with E-state index in [2.05, 4.69) is 20.1 Å². The molecule has 0 aromatic carbocycles. The lowest BCUT2D eigenvalue weighted by Crippen LogP contribution is -2.38. The first kappa shape index (κ1) is 15.5. The maximum absolute atomic E-state index is 12.5. The van der Waals surface area contributed by atoms with Gasteiger partial charge in [0.25, 0.3) is 5.56 Å². The van der Waals surface area contributed by atoms with E-state index in [1.807, 2.05) is 16.8 Å². The number of hydrogen-bond donors (Lipinski definition) is 0. The van der Waals surface area contributed by atoms with Gasteiger partial charge in [-0.15, -0.1) is 0 Å². The van der Waals surface area contributed by atoms with E-state index in [4.69, 9.17) is 4.74 Å². The second-order valence-electron chi connectivity index (χ2n) is 6.84. The predicted molar refractivity (Wildman–Crippen MR) is 95.2 cm³/mol. The first-order chi connectivity index (χ1) is 12.8. The highest BCUT2D eigenvalue weighted by Gasteiger charge is 2.28. The van der Waals surface area contributed by atoms with Crippen molar-refractivity contribution >= 4 is 11.3 Å². The average molecular weight is 352 g/mol. The van der Waals surface area contributed by atoms with Gasteiger partial charge in [-0.25, -0.2) is 14.2 Å². The summed E-state index contributed by atoms with van der Waals surface area (Å²) in [6.07, 6.45) is 8.26. The van der Waals surface area contributed by atoms with Crippen LogP contribution in [0.5, 0.6) is 0 Å². The molecule has 26 heavy (non-hydrogen) atoms. The molecule has 3 aromatic rings. The van der Waals surface area contributed by atoms with Crippen LogP contribution in [0.4, 0.5) is 5.82 Å². The molecular weight excluding hydrogens is 332 g/mol. The van der Waals surface area contributed by atoms with Crippen LogP contribution in [0.15, 0.2) is 35.5 Å². The molecule has 0 aliphatic carbocycles. The van der Waals surface area contributed by atoms with Crippen LogP contribution >= 0.6 is 0 Å². The predicted octanol–water partition coefficient (Wildman–Crippen LogP) is 1.03. The minimum atomic E-state index is -0.0587. The van der Waals surface area contributed by atoms with Crippen molar-refractivity contribution in [2.45, 2.75) is 38.5 Å². The second kappa shape index (κ2) is 6.21. The van der Waals surface area contributed by atoms with Crippen LogP contribution in [0.2, 0.25) is 0 Å². The second-order valence-corrected chi connectivity index (χ2v) is 6.84. The third-order valence-electron chi connectivity index (χ3n) is 5.24. The third kappa shape index (κ3) is 2.57.